The van der Waals surface area contributed by atoms with Crippen LogP contribution in [0.15, 0.2) is 23.1 Å². The fourth-order valence-electron chi connectivity index (χ4n) is 5.17. The van der Waals surface area contributed by atoms with E-state index in [2.05, 4.69) is 9.97 Å². The van der Waals surface area contributed by atoms with Crippen molar-refractivity contribution in [3.63, 3.8) is 0 Å². The zero-order chi connectivity index (χ0) is 14.4. The molecule has 4 atom stereocenters. The van der Waals surface area contributed by atoms with E-state index in [1.165, 1.54) is 25.5 Å². The Bertz CT molecular complexity index is 838. The number of para-hydroxylation sites is 1. The molecule has 21 heavy (non-hydrogen) atoms. The molecule has 1 aromatic heterocycles. The lowest BCUT2D eigenvalue weighted by Gasteiger charge is -2.05. The summed E-state index contributed by atoms with van der Waals surface area (Å²) in [6, 6.07) is 5.37. The maximum absolute atomic E-state index is 11.9. The number of sulfone groups is 1. The van der Waals surface area contributed by atoms with Crippen molar-refractivity contribution in [2.24, 2.45) is 23.7 Å². The van der Waals surface area contributed by atoms with Crippen LogP contribution >= 0.6 is 0 Å². The zero-order valence-electron chi connectivity index (χ0n) is 11.9. The molecule has 2 bridgehead atoms. The largest absolute Gasteiger partial charge is 0.342 e. The lowest BCUT2D eigenvalue weighted by Crippen LogP contribution is -1.99. The van der Waals surface area contributed by atoms with E-state index in [9.17, 15) is 8.42 Å². The number of hydrogen-bond acceptors (Lipinski definition) is 3. The number of imidazole rings is 1. The lowest BCUT2D eigenvalue weighted by atomic mass is 10.0. The third-order valence-corrected chi connectivity index (χ3v) is 7.07. The molecule has 5 rings (SSSR count). The molecule has 4 nitrogen and oxygen atoms in total. The minimum atomic E-state index is -3.23. The maximum Gasteiger partial charge on any atom is 0.177 e. The van der Waals surface area contributed by atoms with Gasteiger partial charge in [0.25, 0.3) is 0 Å². The Labute approximate surface area is 123 Å². The molecule has 3 aliphatic carbocycles. The molecule has 3 aliphatic rings. The van der Waals surface area contributed by atoms with E-state index in [1.54, 1.807) is 12.1 Å². The predicted octanol–water partition coefficient (Wildman–Crippen LogP) is 2.73. The fraction of sp³-hybridized carbons (Fsp3) is 0.562. The third kappa shape index (κ3) is 1.55. The SMILES string of the molecule is CS(=O)(=O)c1cccc2[nH]c(C3C4C5CCC(C5)C34)nc12. The predicted molar refractivity (Wildman–Crippen MR) is 79.8 cm³/mol. The topological polar surface area (TPSA) is 62.8 Å². The first kappa shape index (κ1) is 12.2. The fourth-order valence-corrected chi connectivity index (χ4v) is 6.01. The average molecular weight is 302 g/mol. The highest BCUT2D eigenvalue weighted by Crippen LogP contribution is 2.72. The minimum absolute atomic E-state index is 0.344. The number of nitrogens with one attached hydrogen (secondary N) is 1. The van der Waals surface area contributed by atoms with Gasteiger partial charge in [-0.1, -0.05) is 6.07 Å². The van der Waals surface area contributed by atoms with E-state index < -0.39 is 9.84 Å². The van der Waals surface area contributed by atoms with Crippen LogP contribution in [0.5, 0.6) is 0 Å². The van der Waals surface area contributed by atoms with Crippen LogP contribution in [0.25, 0.3) is 11.0 Å². The molecular formula is C16H18N2O2S. The molecule has 3 fully saturated rings. The van der Waals surface area contributed by atoms with E-state index in [-0.39, 0.29) is 0 Å². The van der Waals surface area contributed by atoms with Gasteiger partial charge < -0.3 is 4.98 Å². The van der Waals surface area contributed by atoms with Crippen LogP contribution in [-0.4, -0.2) is 24.6 Å². The highest BCUT2D eigenvalue weighted by Gasteiger charge is 2.66. The van der Waals surface area contributed by atoms with Crippen LogP contribution in [-0.2, 0) is 9.84 Å². The molecule has 0 saturated heterocycles. The highest BCUT2D eigenvalue weighted by molar-refractivity contribution is 7.91. The van der Waals surface area contributed by atoms with Gasteiger partial charge in [-0.2, -0.15) is 0 Å². The molecule has 110 valence electrons. The summed E-state index contributed by atoms with van der Waals surface area (Å²) in [6.07, 6.45) is 5.44. The second-order valence-corrected chi connectivity index (χ2v) is 9.04. The van der Waals surface area contributed by atoms with Crippen molar-refractivity contribution in [2.45, 2.75) is 30.1 Å². The molecular weight excluding hydrogens is 284 g/mol. The van der Waals surface area contributed by atoms with Crippen LogP contribution < -0.4 is 0 Å². The van der Waals surface area contributed by atoms with Gasteiger partial charge in [0.1, 0.15) is 11.3 Å². The molecule has 0 aliphatic heterocycles. The van der Waals surface area contributed by atoms with Gasteiger partial charge in [-0.15, -0.1) is 0 Å². The van der Waals surface area contributed by atoms with Crippen molar-refractivity contribution in [2.75, 3.05) is 6.26 Å². The first-order valence-corrected chi connectivity index (χ1v) is 9.62. The number of rotatable bonds is 2. The van der Waals surface area contributed by atoms with Crippen LogP contribution in [0.1, 0.15) is 31.0 Å². The summed E-state index contributed by atoms with van der Waals surface area (Å²) in [5, 5.41) is 0. The number of aromatic nitrogens is 2. The molecule has 3 saturated carbocycles. The first-order valence-electron chi connectivity index (χ1n) is 7.73. The summed E-state index contributed by atoms with van der Waals surface area (Å²) in [7, 11) is -3.23. The Morgan fingerprint density at radius 1 is 1.19 bits per heavy atom. The number of fused-ring (bicyclic) bond motifs is 6. The molecule has 1 heterocycles. The molecule has 0 spiro atoms. The van der Waals surface area contributed by atoms with Crippen molar-refractivity contribution < 1.29 is 8.42 Å². The normalized spacial score (nSPS) is 37.1. The van der Waals surface area contributed by atoms with Gasteiger partial charge in [-0.05, 0) is 55.1 Å². The summed E-state index contributed by atoms with van der Waals surface area (Å²) in [5.74, 6) is 4.99. The Kier molecular flexibility index (Phi) is 2.15. The maximum atomic E-state index is 11.9. The molecule has 1 N–H and O–H groups in total. The molecule has 2 aromatic rings. The van der Waals surface area contributed by atoms with Crippen molar-refractivity contribution in [1.82, 2.24) is 9.97 Å². The average Bonchev–Trinajstić information content (AvgIpc) is 2.81. The quantitative estimate of drug-likeness (QED) is 0.927. The van der Waals surface area contributed by atoms with Crippen LogP contribution in [0.4, 0.5) is 0 Å². The van der Waals surface area contributed by atoms with Crippen molar-refractivity contribution in [1.29, 1.82) is 0 Å². The number of benzene rings is 1. The first-order chi connectivity index (χ1) is 10.0. The monoisotopic (exact) mass is 302 g/mol. The number of H-pyrrole nitrogens is 1. The van der Waals surface area contributed by atoms with Crippen molar-refractivity contribution >= 4 is 20.9 Å². The van der Waals surface area contributed by atoms with E-state index in [4.69, 9.17) is 0 Å². The van der Waals surface area contributed by atoms with Crippen molar-refractivity contribution in [3.05, 3.63) is 24.0 Å². The number of nitrogens with zero attached hydrogens (tertiary/aromatic N) is 1. The highest BCUT2D eigenvalue weighted by atomic mass is 32.2. The van der Waals surface area contributed by atoms with E-state index in [0.717, 1.165) is 35.0 Å². The van der Waals surface area contributed by atoms with Gasteiger partial charge in [-0.25, -0.2) is 13.4 Å². The summed E-state index contributed by atoms with van der Waals surface area (Å²) < 4.78 is 23.8. The summed E-state index contributed by atoms with van der Waals surface area (Å²) in [5.41, 5.74) is 1.47. The zero-order valence-corrected chi connectivity index (χ0v) is 12.7. The van der Waals surface area contributed by atoms with Gasteiger partial charge in [0, 0.05) is 12.2 Å². The lowest BCUT2D eigenvalue weighted by molar-refractivity contribution is 0.456. The molecule has 0 amide bonds. The Morgan fingerprint density at radius 2 is 1.90 bits per heavy atom. The summed E-state index contributed by atoms with van der Waals surface area (Å²) >= 11 is 0. The molecule has 5 heteroatoms. The second-order valence-electron chi connectivity index (χ2n) is 7.06. The smallest absolute Gasteiger partial charge is 0.177 e. The molecule has 1 aromatic carbocycles. The van der Waals surface area contributed by atoms with Gasteiger partial charge in [0.2, 0.25) is 0 Å². The van der Waals surface area contributed by atoms with Gasteiger partial charge >= 0.3 is 0 Å². The van der Waals surface area contributed by atoms with E-state index in [1.807, 2.05) is 6.07 Å². The van der Waals surface area contributed by atoms with Crippen LogP contribution in [0.2, 0.25) is 0 Å². The second kappa shape index (κ2) is 3.69. The summed E-state index contributed by atoms with van der Waals surface area (Å²) in [4.78, 5) is 8.42. The van der Waals surface area contributed by atoms with Gasteiger partial charge in [-0.3, -0.25) is 0 Å². The van der Waals surface area contributed by atoms with Crippen LogP contribution in [0.3, 0.4) is 0 Å². The van der Waals surface area contributed by atoms with Crippen molar-refractivity contribution in [3.8, 4) is 0 Å². The molecule has 0 radical (unpaired) electrons. The standard InChI is InChI=1S/C16H18N2O2S/c1-21(19,20)11-4-2-3-10-15(11)18-16(17-10)14-12-8-5-6-9(7-8)13(12)14/h2-4,8-9,12-14H,5-7H2,1H3,(H,17,18). The van der Waals surface area contributed by atoms with Gasteiger partial charge in [0.15, 0.2) is 9.84 Å². The van der Waals surface area contributed by atoms with Gasteiger partial charge in [0.05, 0.1) is 10.4 Å². The van der Waals surface area contributed by atoms with E-state index >= 15 is 0 Å². The Balaban J connectivity index is 1.61. The third-order valence-electron chi connectivity index (χ3n) is 5.94. The van der Waals surface area contributed by atoms with Crippen LogP contribution in [0, 0.1) is 23.7 Å². The van der Waals surface area contributed by atoms with E-state index in [0.29, 0.717) is 16.3 Å². The number of hydrogen-bond donors (Lipinski definition) is 1. The number of aromatic amines is 1. The molecule has 4 unspecified atom stereocenters. The Morgan fingerprint density at radius 3 is 2.57 bits per heavy atom. The summed E-state index contributed by atoms with van der Waals surface area (Å²) in [6.45, 7) is 0. The Hall–Kier alpha value is -1.36. The minimum Gasteiger partial charge on any atom is -0.342 e.